The fraction of sp³-hybridized carbons (Fsp3) is 0.483. The SMILES string of the molecule is COC(=O)C1(Cc2ccc3nc(C(NC(=O)OCc4ccccc4)C4CCCC(F)(F)C4)cn3n2)CC(F)(F)CNC1=O. The molecule has 3 heterocycles. The van der Waals surface area contributed by atoms with Crippen molar-refractivity contribution >= 4 is 23.6 Å². The fourth-order valence-electron chi connectivity index (χ4n) is 5.85. The zero-order valence-electron chi connectivity index (χ0n) is 23.3. The summed E-state index contributed by atoms with van der Waals surface area (Å²) in [6.07, 6.45) is -0.948. The lowest BCUT2D eigenvalue weighted by molar-refractivity contribution is -0.172. The number of methoxy groups -OCH3 is 1. The highest BCUT2D eigenvalue weighted by molar-refractivity contribution is 6.03. The molecule has 10 nitrogen and oxygen atoms in total. The van der Waals surface area contributed by atoms with Crippen LogP contribution in [0.4, 0.5) is 22.4 Å². The van der Waals surface area contributed by atoms with Crippen LogP contribution in [-0.2, 0) is 32.1 Å². The molecule has 14 heteroatoms. The molecule has 1 aliphatic heterocycles. The predicted molar refractivity (Wildman–Crippen MR) is 143 cm³/mol. The minimum Gasteiger partial charge on any atom is -0.468 e. The molecule has 2 amide bonds. The second-order valence-electron chi connectivity index (χ2n) is 11.2. The predicted octanol–water partition coefficient (Wildman–Crippen LogP) is 4.38. The number of alkyl halides is 4. The molecule has 1 aliphatic carbocycles. The van der Waals surface area contributed by atoms with Gasteiger partial charge in [-0.1, -0.05) is 30.3 Å². The van der Waals surface area contributed by atoms with Crippen molar-refractivity contribution in [3.63, 3.8) is 0 Å². The van der Waals surface area contributed by atoms with Crippen LogP contribution in [0.3, 0.4) is 0 Å². The van der Waals surface area contributed by atoms with E-state index in [1.54, 1.807) is 24.3 Å². The van der Waals surface area contributed by atoms with Gasteiger partial charge in [-0.2, -0.15) is 5.10 Å². The largest absolute Gasteiger partial charge is 0.468 e. The summed E-state index contributed by atoms with van der Waals surface area (Å²) in [5.74, 6) is -8.92. The number of esters is 1. The zero-order chi connectivity index (χ0) is 30.8. The number of nitrogens with one attached hydrogen (secondary N) is 2. The lowest BCUT2D eigenvalue weighted by atomic mass is 9.74. The molecular formula is C29H31F4N5O5. The Balaban J connectivity index is 1.42. The highest BCUT2D eigenvalue weighted by Crippen LogP contribution is 2.43. The molecule has 2 aromatic heterocycles. The number of halogens is 4. The van der Waals surface area contributed by atoms with Gasteiger partial charge in [0.1, 0.15) is 6.61 Å². The van der Waals surface area contributed by atoms with Crippen molar-refractivity contribution < 1.29 is 41.4 Å². The van der Waals surface area contributed by atoms with Crippen LogP contribution in [-0.4, -0.2) is 58.1 Å². The Morgan fingerprint density at radius 3 is 2.63 bits per heavy atom. The van der Waals surface area contributed by atoms with Crippen LogP contribution < -0.4 is 10.6 Å². The number of hydrogen-bond acceptors (Lipinski definition) is 7. The third-order valence-corrected chi connectivity index (χ3v) is 7.91. The molecule has 1 aromatic carbocycles. The molecule has 3 atom stereocenters. The van der Waals surface area contributed by atoms with E-state index in [9.17, 15) is 31.9 Å². The normalized spacial score (nSPS) is 23.7. The molecule has 0 spiro atoms. The van der Waals surface area contributed by atoms with E-state index in [0.29, 0.717) is 6.42 Å². The Kier molecular flexibility index (Phi) is 8.30. The average Bonchev–Trinajstić information content (AvgIpc) is 3.39. The highest BCUT2D eigenvalue weighted by Gasteiger charge is 2.57. The van der Waals surface area contributed by atoms with Crippen molar-refractivity contribution in [3.8, 4) is 0 Å². The van der Waals surface area contributed by atoms with E-state index in [4.69, 9.17) is 9.47 Å². The lowest BCUT2D eigenvalue weighted by Crippen LogP contribution is -2.59. The number of ether oxygens (including phenoxy) is 2. The smallest absolute Gasteiger partial charge is 0.408 e. The van der Waals surface area contributed by atoms with Gasteiger partial charge in [-0.25, -0.2) is 31.9 Å². The van der Waals surface area contributed by atoms with Crippen LogP contribution in [0.1, 0.15) is 55.1 Å². The topological polar surface area (TPSA) is 124 Å². The second kappa shape index (κ2) is 11.8. The number of piperidine rings is 1. The van der Waals surface area contributed by atoms with Crippen LogP contribution in [0, 0.1) is 11.3 Å². The molecule has 1 saturated heterocycles. The van der Waals surface area contributed by atoms with E-state index in [1.165, 1.54) is 22.8 Å². The van der Waals surface area contributed by atoms with Crippen LogP contribution in [0.15, 0.2) is 48.7 Å². The fourth-order valence-corrected chi connectivity index (χ4v) is 5.85. The van der Waals surface area contributed by atoms with Gasteiger partial charge in [0, 0.05) is 25.7 Å². The van der Waals surface area contributed by atoms with E-state index in [-0.39, 0.29) is 36.5 Å². The minimum absolute atomic E-state index is 0.0229. The van der Waals surface area contributed by atoms with E-state index in [1.807, 2.05) is 6.07 Å². The number of imidazole rings is 1. The molecule has 3 aromatic rings. The summed E-state index contributed by atoms with van der Waals surface area (Å²) in [5.41, 5.74) is -0.825. The second-order valence-corrected chi connectivity index (χ2v) is 11.2. The summed E-state index contributed by atoms with van der Waals surface area (Å²) in [6.45, 7) is -0.921. The first-order valence-electron chi connectivity index (χ1n) is 13.8. The summed E-state index contributed by atoms with van der Waals surface area (Å²) >= 11 is 0. The number of rotatable bonds is 8. The first kappa shape index (κ1) is 30.2. The summed E-state index contributed by atoms with van der Waals surface area (Å²) in [7, 11) is 1.01. The van der Waals surface area contributed by atoms with Gasteiger partial charge in [0.25, 0.3) is 5.92 Å². The van der Waals surface area contributed by atoms with Gasteiger partial charge >= 0.3 is 12.1 Å². The summed E-state index contributed by atoms with van der Waals surface area (Å²) < 4.78 is 68.9. The maximum atomic E-state index is 14.4. The molecule has 0 bridgehead atoms. The number of hydrogen-bond donors (Lipinski definition) is 2. The molecule has 2 aliphatic rings. The Labute approximate surface area is 244 Å². The quantitative estimate of drug-likeness (QED) is 0.222. The molecule has 2 N–H and O–H groups in total. The van der Waals surface area contributed by atoms with Crippen molar-refractivity contribution in [1.29, 1.82) is 0 Å². The molecule has 230 valence electrons. The lowest BCUT2D eigenvalue weighted by Gasteiger charge is -2.37. The highest BCUT2D eigenvalue weighted by atomic mass is 19.3. The van der Waals surface area contributed by atoms with E-state index in [2.05, 4.69) is 20.7 Å². The Morgan fingerprint density at radius 1 is 1.14 bits per heavy atom. The third kappa shape index (κ3) is 6.73. The van der Waals surface area contributed by atoms with Crippen LogP contribution in [0.5, 0.6) is 0 Å². The summed E-state index contributed by atoms with van der Waals surface area (Å²) in [6, 6.07) is 10.9. The van der Waals surface area contributed by atoms with Gasteiger partial charge in [-0.3, -0.25) is 9.59 Å². The average molecular weight is 606 g/mol. The molecule has 3 unspecified atom stereocenters. The van der Waals surface area contributed by atoms with E-state index < -0.39 is 73.0 Å². The number of benzene rings is 1. The first-order valence-corrected chi connectivity index (χ1v) is 13.8. The van der Waals surface area contributed by atoms with Gasteiger partial charge in [-0.05, 0) is 36.5 Å². The maximum absolute atomic E-state index is 14.4. The van der Waals surface area contributed by atoms with E-state index >= 15 is 0 Å². The first-order chi connectivity index (χ1) is 20.4. The van der Waals surface area contributed by atoms with Gasteiger partial charge < -0.3 is 20.1 Å². The van der Waals surface area contributed by atoms with Crippen LogP contribution in [0.2, 0.25) is 0 Å². The van der Waals surface area contributed by atoms with Crippen molar-refractivity contribution in [2.75, 3.05) is 13.7 Å². The molecule has 5 rings (SSSR count). The number of aromatic nitrogens is 3. The number of amides is 2. The number of carbonyl (C=O) groups excluding carboxylic acids is 3. The molecule has 1 saturated carbocycles. The van der Waals surface area contributed by atoms with E-state index in [0.717, 1.165) is 12.7 Å². The Bertz CT molecular complexity index is 1490. The molecular weight excluding hydrogens is 574 g/mol. The zero-order valence-corrected chi connectivity index (χ0v) is 23.3. The number of fused-ring (bicyclic) bond motifs is 1. The third-order valence-electron chi connectivity index (χ3n) is 7.91. The summed E-state index contributed by atoms with van der Waals surface area (Å²) in [4.78, 5) is 42.7. The van der Waals surface area contributed by atoms with Gasteiger partial charge in [0.05, 0.1) is 37.3 Å². The van der Waals surface area contributed by atoms with Crippen LogP contribution >= 0.6 is 0 Å². The molecule has 0 radical (unpaired) electrons. The van der Waals surface area contributed by atoms with Crippen LogP contribution in [0.25, 0.3) is 5.65 Å². The maximum Gasteiger partial charge on any atom is 0.408 e. The Morgan fingerprint density at radius 2 is 1.91 bits per heavy atom. The Hall–Kier alpha value is -4.23. The summed E-state index contributed by atoms with van der Waals surface area (Å²) in [5, 5.41) is 9.16. The monoisotopic (exact) mass is 605 g/mol. The molecule has 43 heavy (non-hydrogen) atoms. The van der Waals surface area contributed by atoms with Gasteiger partial charge in [0.2, 0.25) is 11.8 Å². The van der Waals surface area contributed by atoms with Crippen molar-refractivity contribution in [2.45, 2.75) is 63.0 Å². The van der Waals surface area contributed by atoms with Crippen molar-refractivity contribution in [1.82, 2.24) is 25.2 Å². The number of alkyl carbamates (subject to hydrolysis) is 1. The molecule has 2 fully saturated rings. The van der Waals surface area contributed by atoms with Gasteiger partial charge in [0.15, 0.2) is 11.1 Å². The van der Waals surface area contributed by atoms with Gasteiger partial charge in [-0.15, -0.1) is 0 Å². The standard InChI is InChI=1S/C29H31F4N5O5/c1-42-25(40)27(16-29(32,33)17-34-24(27)39)13-20-9-10-22-35-21(14-38(22)37-20)23(19-8-5-11-28(30,31)12-19)36-26(41)43-15-18-6-3-2-4-7-18/h2-4,6-7,9-10,14,19,23H,5,8,11-13,15-17H2,1H3,(H,34,39)(H,36,41). The minimum atomic E-state index is -3.34. The number of nitrogens with zero attached hydrogens (tertiary/aromatic N) is 3. The van der Waals surface area contributed by atoms with Crippen molar-refractivity contribution in [2.24, 2.45) is 11.3 Å². The number of carbonyl (C=O) groups is 3. The van der Waals surface area contributed by atoms with Crippen molar-refractivity contribution in [3.05, 3.63) is 65.6 Å².